The van der Waals surface area contributed by atoms with Gasteiger partial charge in [-0.1, -0.05) is 6.92 Å². The third-order valence-corrected chi connectivity index (χ3v) is 4.14. The first-order valence-corrected chi connectivity index (χ1v) is 7.37. The van der Waals surface area contributed by atoms with Crippen LogP contribution in [0.3, 0.4) is 0 Å². The van der Waals surface area contributed by atoms with Crippen molar-refractivity contribution in [3.8, 4) is 21.9 Å². The summed E-state index contributed by atoms with van der Waals surface area (Å²) in [5.41, 5.74) is 0.794. The maximum absolute atomic E-state index is 11.4. The quantitative estimate of drug-likeness (QED) is 0.885. The number of methoxy groups -OCH3 is 2. The van der Waals surface area contributed by atoms with Gasteiger partial charge < -0.3 is 14.6 Å². The van der Waals surface area contributed by atoms with Crippen molar-refractivity contribution in [1.29, 1.82) is 0 Å². The number of hydrogen-bond donors (Lipinski definition) is 1. The minimum absolute atomic E-state index is 0.0758. The number of aryl methyl sites for hydroxylation is 1. The van der Waals surface area contributed by atoms with Crippen LogP contribution in [0.5, 0.6) is 11.5 Å². The Balaban J connectivity index is 2.57. The number of aromatic carboxylic acids is 1. The van der Waals surface area contributed by atoms with Crippen LogP contribution in [0.1, 0.15) is 28.8 Å². The minimum atomic E-state index is -1.03. The van der Waals surface area contributed by atoms with Crippen molar-refractivity contribution in [2.45, 2.75) is 19.8 Å². The molecule has 0 unspecified atom stereocenters. The van der Waals surface area contributed by atoms with Gasteiger partial charge in [-0.2, -0.15) is 0 Å². The number of thiazole rings is 1. The third kappa shape index (κ3) is 3.16. The molecule has 1 heterocycles. The molecular weight excluding hydrogens is 290 g/mol. The summed E-state index contributed by atoms with van der Waals surface area (Å²) in [4.78, 5) is 16.3. The summed E-state index contributed by atoms with van der Waals surface area (Å²) in [6.45, 7) is 2.04. The van der Waals surface area contributed by atoms with Gasteiger partial charge >= 0.3 is 5.97 Å². The molecule has 0 aliphatic carbocycles. The summed E-state index contributed by atoms with van der Waals surface area (Å²) in [6.07, 6.45) is 1.69. The van der Waals surface area contributed by atoms with Crippen LogP contribution in [0.25, 0.3) is 10.4 Å². The molecule has 0 radical (unpaired) electrons. The number of nitrogens with zero attached hydrogens (tertiary/aromatic N) is 1. The van der Waals surface area contributed by atoms with E-state index in [1.54, 1.807) is 32.4 Å². The Morgan fingerprint density at radius 3 is 2.67 bits per heavy atom. The molecule has 1 aromatic heterocycles. The van der Waals surface area contributed by atoms with Gasteiger partial charge in [-0.25, -0.2) is 9.78 Å². The summed E-state index contributed by atoms with van der Waals surface area (Å²) in [7, 11) is 3.12. The van der Waals surface area contributed by atoms with Crippen molar-refractivity contribution in [2.75, 3.05) is 14.2 Å². The first kappa shape index (κ1) is 15.3. The summed E-state index contributed by atoms with van der Waals surface area (Å²) >= 11 is 1.40. The number of carboxylic acid groups (broad SMARTS) is 1. The fourth-order valence-electron chi connectivity index (χ4n) is 2.00. The SMILES string of the molecule is CCCc1nc(C(=O)O)c(-c2ccc(OC)cc2OC)s1. The maximum atomic E-state index is 11.4. The summed E-state index contributed by atoms with van der Waals surface area (Å²) in [5.74, 6) is 0.204. The number of ether oxygens (including phenoxy) is 2. The van der Waals surface area contributed by atoms with Gasteiger partial charge in [-0.15, -0.1) is 11.3 Å². The van der Waals surface area contributed by atoms with E-state index < -0.39 is 5.97 Å². The Morgan fingerprint density at radius 1 is 1.33 bits per heavy atom. The lowest BCUT2D eigenvalue weighted by atomic mass is 10.1. The molecule has 6 heteroatoms. The molecule has 0 fully saturated rings. The zero-order valence-electron chi connectivity index (χ0n) is 12.2. The Hall–Kier alpha value is -2.08. The lowest BCUT2D eigenvalue weighted by Gasteiger charge is -2.09. The van der Waals surface area contributed by atoms with E-state index in [2.05, 4.69) is 4.98 Å². The molecule has 1 aromatic carbocycles. The molecular formula is C15H17NO4S. The molecule has 1 N–H and O–H groups in total. The summed E-state index contributed by atoms with van der Waals surface area (Å²) in [6, 6.07) is 5.32. The van der Waals surface area contributed by atoms with Crippen molar-refractivity contribution in [2.24, 2.45) is 0 Å². The summed E-state index contributed by atoms with van der Waals surface area (Å²) in [5, 5.41) is 10.2. The Bertz CT molecular complexity index is 651. The smallest absolute Gasteiger partial charge is 0.356 e. The maximum Gasteiger partial charge on any atom is 0.356 e. The molecule has 0 aliphatic heterocycles. The van der Waals surface area contributed by atoms with E-state index in [-0.39, 0.29) is 5.69 Å². The van der Waals surface area contributed by atoms with Crippen molar-refractivity contribution >= 4 is 17.3 Å². The molecule has 0 spiro atoms. The van der Waals surface area contributed by atoms with Crippen molar-refractivity contribution in [1.82, 2.24) is 4.98 Å². The number of rotatable bonds is 6. The minimum Gasteiger partial charge on any atom is -0.497 e. The molecule has 0 saturated carbocycles. The molecule has 5 nitrogen and oxygen atoms in total. The molecule has 2 aromatic rings. The van der Waals surface area contributed by atoms with Crippen LogP contribution in [0.15, 0.2) is 18.2 Å². The molecule has 0 atom stereocenters. The van der Waals surface area contributed by atoms with E-state index in [4.69, 9.17) is 9.47 Å². The molecule has 2 rings (SSSR count). The van der Waals surface area contributed by atoms with Gasteiger partial charge in [0.15, 0.2) is 5.69 Å². The van der Waals surface area contributed by atoms with E-state index in [9.17, 15) is 9.90 Å². The van der Waals surface area contributed by atoms with E-state index >= 15 is 0 Å². The number of carbonyl (C=O) groups is 1. The second kappa shape index (κ2) is 6.58. The number of carboxylic acids is 1. The predicted molar refractivity (Wildman–Crippen MR) is 81.6 cm³/mol. The van der Waals surface area contributed by atoms with Gasteiger partial charge in [0.1, 0.15) is 11.5 Å². The lowest BCUT2D eigenvalue weighted by Crippen LogP contribution is -2.00. The fraction of sp³-hybridized carbons (Fsp3) is 0.333. The average Bonchev–Trinajstić information content (AvgIpc) is 2.91. The van der Waals surface area contributed by atoms with Crippen LogP contribution in [0.2, 0.25) is 0 Å². The van der Waals surface area contributed by atoms with Crippen molar-refractivity contribution in [3.05, 3.63) is 28.9 Å². The van der Waals surface area contributed by atoms with Gasteiger partial charge in [0, 0.05) is 11.6 Å². The van der Waals surface area contributed by atoms with Gasteiger partial charge in [0.05, 0.1) is 24.1 Å². The monoisotopic (exact) mass is 307 g/mol. The average molecular weight is 307 g/mol. The van der Waals surface area contributed by atoms with Gasteiger partial charge in [0.25, 0.3) is 0 Å². The van der Waals surface area contributed by atoms with Crippen LogP contribution in [-0.2, 0) is 6.42 Å². The fourth-order valence-corrected chi connectivity index (χ4v) is 3.19. The molecule has 0 bridgehead atoms. The van der Waals surface area contributed by atoms with Gasteiger partial charge in [0.2, 0.25) is 0 Å². The highest BCUT2D eigenvalue weighted by Gasteiger charge is 2.21. The number of benzene rings is 1. The van der Waals surface area contributed by atoms with Crippen LogP contribution in [-0.4, -0.2) is 30.3 Å². The van der Waals surface area contributed by atoms with Crippen molar-refractivity contribution < 1.29 is 19.4 Å². The lowest BCUT2D eigenvalue weighted by molar-refractivity contribution is 0.0692. The molecule has 21 heavy (non-hydrogen) atoms. The van der Waals surface area contributed by atoms with Crippen LogP contribution in [0, 0.1) is 0 Å². The molecule has 0 amide bonds. The Labute approximate surface area is 127 Å². The van der Waals surface area contributed by atoms with E-state index in [0.29, 0.717) is 16.4 Å². The second-order valence-corrected chi connectivity index (χ2v) is 5.49. The second-order valence-electron chi connectivity index (χ2n) is 4.41. The van der Waals surface area contributed by atoms with Crippen LogP contribution in [0.4, 0.5) is 0 Å². The first-order valence-electron chi connectivity index (χ1n) is 6.56. The summed E-state index contributed by atoms with van der Waals surface area (Å²) < 4.78 is 10.5. The topological polar surface area (TPSA) is 68.7 Å². The predicted octanol–water partition coefficient (Wildman–Crippen LogP) is 3.48. The highest BCUT2D eigenvalue weighted by atomic mass is 32.1. The van der Waals surface area contributed by atoms with E-state index in [0.717, 1.165) is 23.4 Å². The zero-order chi connectivity index (χ0) is 15.4. The van der Waals surface area contributed by atoms with Crippen molar-refractivity contribution in [3.63, 3.8) is 0 Å². The third-order valence-electron chi connectivity index (χ3n) is 2.99. The highest BCUT2D eigenvalue weighted by molar-refractivity contribution is 7.15. The van der Waals surface area contributed by atoms with Gasteiger partial charge in [-0.3, -0.25) is 0 Å². The standard InChI is InChI=1S/C15H17NO4S/c1-4-5-12-16-13(15(17)18)14(21-12)10-7-6-9(19-2)8-11(10)20-3/h6-8H,4-5H2,1-3H3,(H,17,18). The van der Waals surface area contributed by atoms with Crippen LogP contribution >= 0.6 is 11.3 Å². The molecule has 0 aliphatic rings. The van der Waals surface area contributed by atoms with E-state index in [1.807, 2.05) is 6.92 Å². The van der Waals surface area contributed by atoms with E-state index in [1.165, 1.54) is 11.3 Å². The number of aromatic nitrogens is 1. The number of hydrogen-bond acceptors (Lipinski definition) is 5. The highest BCUT2D eigenvalue weighted by Crippen LogP contribution is 2.39. The van der Waals surface area contributed by atoms with Crippen LogP contribution < -0.4 is 9.47 Å². The largest absolute Gasteiger partial charge is 0.497 e. The zero-order valence-corrected chi connectivity index (χ0v) is 13.0. The van der Waals surface area contributed by atoms with Gasteiger partial charge in [-0.05, 0) is 25.0 Å². The Kier molecular flexibility index (Phi) is 4.80. The Morgan fingerprint density at radius 2 is 2.10 bits per heavy atom. The normalized spacial score (nSPS) is 10.4. The molecule has 112 valence electrons. The first-order chi connectivity index (χ1) is 10.1. The molecule has 0 saturated heterocycles.